The zero-order valence-electron chi connectivity index (χ0n) is 12.6. The summed E-state index contributed by atoms with van der Waals surface area (Å²) in [5.74, 6) is 0.223. The van der Waals surface area contributed by atoms with Crippen molar-refractivity contribution in [2.75, 3.05) is 0 Å². The SMILES string of the molecule is CCc1ccc(CC)c(C(=O)Cc2ccc(C)cc2)c1. The van der Waals surface area contributed by atoms with Crippen molar-refractivity contribution in [2.24, 2.45) is 0 Å². The first-order valence-electron chi connectivity index (χ1n) is 7.34. The lowest BCUT2D eigenvalue weighted by Crippen LogP contribution is -2.07. The van der Waals surface area contributed by atoms with Gasteiger partial charge in [0.25, 0.3) is 0 Å². The second kappa shape index (κ2) is 6.51. The van der Waals surface area contributed by atoms with E-state index >= 15 is 0 Å². The van der Waals surface area contributed by atoms with E-state index in [1.807, 2.05) is 12.1 Å². The molecular formula is C19H22O. The number of hydrogen-bond donors (Lipinski definition) is 0. The van der Waals surface area contributed by atoms with Gasteiger partial charge >= 0.3 is 0 Å². The summed E-state index contributed by atoms with van der Waals surface area (Å²) in [6.07, 6.45) is 2.36. The first-order chi connectivity index (χ1) is 9.63. The van der Waals surface area contributed by atoms with E-state index in [2.05, 4.69) is 51.1 Å². The van der Waals surface area contributed by atoms with Gasteiger partial charge in [-0.1, -0.05) is 55.8 Å². The quantitative estimate of drug-likeness (QED) is 0.726. The average molecular weight is 266 g/mol. The molecule has 0 aliphatic heterocycles. The van der Waals surface area contributed by atoms with Crippen LogP contribution >= 0.6 is 0 Å². The van der Waals surface area contributed by atoms with Crippen molar-refractivity contribution in [3.05, 3.63) is 70.3 Å². The molecule has 0 fully saturated rings. The van der Waals surface area contributed by atoms with E-state index in [1.165, 1.54) is 11.1 Å². The molecule has 2 aromatic carbocycles. The predicted octanol–water partition coefficient (Wildman–Crippen LogP) is 4.55. The van der Waals surface area contributed by atoms with Crippen LogP contribution in [0.5, 0.6) is 0 Å². The van der Waals surface area contributed by atoms with Gasteiger partial charge in [-0.25, -0.2) is 0 Å². The van der Waals surface area contributed by atoms with Crippen LogP contribution in [0.3, 0.4) is 0 Å². The molecule has 0 spiro atoms. The zero-order chi connectivity index (χ0) is 14.5. The molecule has 0 amide bonds. The first-order valence-corrected chi connectivity index (χ1v) is 7.34. The molecule has 0 atom stereocenters. The highest BCUT2D eigenvalue weighted by Gasteiger charge is 2.12. The van der Waals surface area contributed by atoms with Crippen LogP contribution in [0.2, 0.25) is 0 Å². The van der Waals surface area contributed by atoms with E-state index < -0.39 is 0 Å². The average Bonchev–Trinajstić information content (AvgIpc) is 2.48. The van der Waals surface area contributed by atoms with Gasteiger partial charge < -0.3 is 0 Å². The van der Waals surface area contributed by atoms with Crippen LogP contribution in [0.15, 0.2) is 42.5 Å². The van der Waals surface area contributed by atoms with Gasteiger partial charge in [0.2, 0.25) is 0 Å². The van der Waals surface area contributed by atoms with Crippen molar-refractivity contribution in [1.82, 2.24) is 0 Å². The van der Waals surface area contributed by atoms with Gasteiger partial charge in [0.15, 0.2) is 5.78 Å². The molecule has 0 heterocycles. The third-order valence-electron chi connectivity index (χ3n) is 3.75. The largest absolute Gasteiger partial charge is 0.294 e. The maximum atomic E-state index is 12.5. The molecule has 0 radical (unpaired) electrons. The number of Topliss-reactive ketones (excluding diaryl/α,β-unsaturated/α-hetero) is 1. The normalized spacial score (nSPS) is 10.6. The molecule has 0 bridgehead atoms. The Bertz CT molecular complexity index is 594. The van der Waals surface area contributed by atoms with Crippen LogP contribution in [0, 0.1) is 6.92 Å². The number of hydrogen-bond acceptors (Lipinski definition) is 1. The summed E-state index contributed by atoms with van der Waals surface area (Å²) in [7, 11) is 0. The van der Waals surface area contributed by atoms with E-state index in [4.69, 9.17) is 0 Å². The second-order valence-corrected chi connectivity index (χ2v) is 5.28. The number of carbonyl (C=O) groups excluding carboxylic acids is 1. The summed E-state index contributed by atoms with van der Waals surface area (Å²) in [6.45, 7) is 6.28. The molecule has 0 saturated heterocycles. The van der Waals surface area contributed by atoms with Crippen molar-refractivity contribution in [3.63, 3.8) is 0 Å². The van der Waals surface area contributed by atoms with Crippen LogP contribution in [0.4, 0.5) is 0 Å². The maximum Gasteiger partial charge on any atom is 0.167 e. The fourth-order valence-corrected chi connectivity index (χ4v) is 2.40. The van der Waals surface area contributed by atoms with E-state index in [-0.39, 0.29) is 5.78 Å². The highest BCUT2D eigenvalue weighted by molar-refractivity contribution is 5.99. The van der Waals surface area contributed by atoms with Crippen LogP contribution < -0.4 is 0 Å². The lowest BCUT2D eigenvalue weighted by Gasteiger charge is -2.09. The Morgan fingerprint density at radius 1 is 0.900 bits per heavy atom. The Balaban J connectivity index is 2.25. The fourth-order valence-electron chi connectivity index (χ4n) is 2.40. The third kappa shape index (κ3) is 3.36. The number of benzene rings is 2. The molecule has 0 aliphatic rings. The van der Waals surface area contributed by atoms with Crippen molar-refractivity contribution in [1.29, 1.82) is 0 Å². The number of ketones is 1. The van der Waals surface area contributed by atoms with E-state index in [9.17, 15) is 4.79 Å². The molecule has 2 aromatic rings. The number of aryl methyl sites for hydroxylation is 3. The van der Waals surface area contributed by atoms with E-state index in [0.717, 1.165) is 29.5 Å². The van der Waals surface area contributed by atoms with Crippen molar-refractivity contribution in [2.45, 2.75) is 40.0 Å². The summed E-state index contributed by atoms with van der Waals surface area (Å²) >= 11 is 0. The summed E-state index contributed by atoms with van der Waals surface area (Å²) in [4.78, 5) is 12.5. The Labute approximate surface area is 121 Å². The van der Waals surface area contributed by atoms with Gasteiger partial charge in [-0.3, -0.25) is 4.79 Å². The topological polar surface area (TPSA) is 17.1 Å². The molecular weight excluding hydrogens is 244 g/mol. The second-order valence-electron chi connectivity index (χ2n) is 5.28. The zero-order valence-corrected chi connectivity index (χ0v) is 12.6. The highest BCUT2D eigenvalue weighted by atomic mass is 16.1. The Morgan fingerprint density at radius 3 is 2.15 bits per heavy atom. The van der Waals surface area contributed by atoms with Gasteiger partial charge in [-0.2, -0.15) is 0 Å². The standard InChI is InChI=1S/C19H22O/c1-4-15-10-11-17(5-2)18(12-15)19(20)13-16-8-6-14(3)7-9-16/h6-12H,4-5,13H2,1-3H3. The molecule has 0 saturated carbocycles. The number of rotatable bonds is 5. The Kier molecular flexibility index (Phi) is 4.73. The van der Waals surface area contributed by atoms with Crippen molar-refractivity contribution < 1.29 is 4.79 Å². The Hall–Kier alpha value is -1.89. The molecule has 104 valence electrons. The highest BCUT2D eigenvalue weighted by Crippen LogP contribution is 2.17. The molecule has 0 N–H and O–H groups in total. The first kappa shape index (κ1) is 14.5. The number of carbonyl (C=O) groups is 1. The minimum atomic E-state index is 0.223. The summed E-state index contributed by atoms with van der Waals surface area (Å²) < 4.78 is 0. The van der Waals surface area contributed by atoms with Crippen LogP contribution in [0.25, 0.3) is 0 Å². The summed E-state index contributed by atoms with van der Waals surface area (Å²) in [5.41, 5.74) is 5.59. The van der Waals surface area contributed by atoms with Gasteiger partial charge in [-0.05, 0) is 42.5 Å². The lowest BCUT2D eigenvalue weighted by molar-refractivity contribution is 0.0992. The molecule has 20 heavy (non-hydrogen) atoms. The molecule has 0 aliphatic carbocycles. The van der Waals surface area contributed by atoms with E-state index in [1.54, 1.807) is 0 Å². The minimum Gasteiger partial charge on any atom is -0.294 e. The summed E-state index contributed by atoms with van der Waals surface area (Å²) in [5, 5.41) is 0. The van der Waals surface area contributed by atoms with Gasteiger partial charge in [-0.15, -0.1) is 0 Å². The predicted molar refractivity (Wildman–Crippen MR) is 84.4 cm³/mol. The fraction of sp³-hybridized carbons (Fsp3) is 0.316. The van der Waals surface area contributed by atoms with E-state index in [0.29, 0.717) is 6.42 Å². The van der Waals surface area contributed by atoms with Gasteiger partial charge in [0.1, 0.15) is 0 Å². The molecule has 1 heteroatoms. The summed E-state index contributed by atoms with van der Waals surface area (Å²) in [6, 6.07) is 14.5. The molecule has 0 aromatic heterocycles. The molecule has 0 unspecified atom stereocenters. The monoisotopic (exact) mass is 266 g/mol. The van der Waals surface area contributed by atoms with Crippen LogP contribution in [0.1, 0.15) is 46.5 Å². The molecule has 2 rings (SSSR count). The van der Waals surface area contributed by atoms with Crippen LogP contribution in [-0.4, -0.2) is 5.78 Å². The Morgan fingerprint density at radius 2 is 1.55 bits per heavy atom. The smallest absolute Gasteiger partial charge is 0.167 e. The van der Waals surface area contributed by atoms with Crippen LogP contribution in [-0.2, 0) is 19.3 Å². The lowest BCUT2D eigenvalue weighted by atomic mass is 9.94. The van der Waals surface area contributed by atoms with Gasteiger partial charge in [0.05, 0.1) is 0 Å². The molecule has 1 nitrogen and oxygen atoms in total. The van der Waals surface area contributed by atoms with Gasteiger partial charge in [0, 0.05) is 12.0 Å². The van der Waals surface area contributed by atoms with Crippen molar-refractivity contribution in [3.8, 4) is 0 Å². The maximum absolute atomic E-state index is 12.5. The third-order valence-corrected chi connectivity index (χ3v) is 3.75. The minimum absolute atomic E-state index is 0.223. The van der Waals surface area contributed by atoms with Crippen molar-refractivity contribution >= 4 is 5.78 Å².